The van der Waals surface area contributed by atoms with Gasteiger partial charge in [0, 0.05) is 6.20 Å². The van der Waals surface area contributed by atoms with Gasteiger partial charge >= 0.3 is 0 Å². The predicted molar refractivity (Wildman–Crippen MR) is 60.3 cm³/mol. The van der Waals surface area contributed by atoms with Crippen molar-refractivity contribution >= 4 is 11.6 Å². The first-order valence-electron chi connectivity index (χ1n) is 4.90. The SMILES string of the molecule is Cc1cnc(N)c(C(=O)c2occc2C)c1. The average molecular weight is 216 g/mol. The zero-order chi connectivity index (χ0) is 11.7. The molecular weight excluding hydrogens is 204 g/mol. The molecule has 2 N–H and O–H groups in total. The minimum atomic E-state index is -0.226. The third-order valence-electron chi connectivity index (χ3n) is 2.37. The Kier molecular flexibility index (Phi) is 2.48. The highest BCUT2D eigenvalue weighted by atomic mass is 16.3. The van der Waals surface area contributed by atoms with E-state index >= 15 is 0 Å². The predicted octanol–water partition coefficient (Wildman–Crippen LogP) is 2.10. The lowest BCUT2D eigenvalue weighted by molar-refractivity contribution is 0.101. The minimum Gasteiger partial charge on any atom is -0.461 e. The molecule has 2 heterocycles. The van der Waals surface area contributed by atoms with Crippen LogP contribution in [-0.2, 0) is 0 Å². The van der Waals surface area contributed by atoms with Crippen molar-refractivity contribution in [2.45, 2.75) is 13.8 Å². The van der Waals surface area contributed by atoms with Crippen LogP contribution in [0, 0.1) is 13.8 Å². The molecule has 0 amide bonds. The van der Waals surface area contributed by atoms with E-state index in [1.165, 1.54) is 6.26 Å². The Bertz CT molecular complexity index is 544. The molecule has 4 heteroatoms. The van der Waals surface area contributed by atoms with Gasteiger partial charge in [0.1, 0.15) is 5.82 Å². The topological polar surface area (TPSA) is 69.1 Å². The number of hydrogen-bond donors (Lipinski definition) is 1. The summed E-state index contributed by atoms with van der Waals surface area (Å²) < 4.78 is 5.14. The summed E-state index contributed by atoms with van der Waals surface area (Å²) in [6.07, 6.45) is 3.11. The summed E-state index contributed by atoms with van der Waals surface area (Å²) in [5, 5.41) is 0. The number of aromatic nitrogens is 1. The lowest BCUT2D eigenvalue weighted by atomic mass is 10.1. The molecule has 0 saturated heterocycles. The van der Waals surface area contributed by atoms with Crippen LogP contribution >= 0.6 is 0 Å². The van der Waals surface area contributed by atoms with Gasteiger partial charge in [0.15, 0.2) is 5.76 Å². The van der Waals surface area contributed by atoms with E-state index < -0.39 is 0 Å². The van der Waals surface area contributed by atoms with E-state index in [2.05, 4.69) is 4.98 Å². The number of ketones is 1. The van der Waals surface area contributed by atoms with Crippen molar-refractivity contribution in [2.75, 3.05) is 5.73 Å². The van der Waals surface area contributed by atoms with Gasteiger partial charge in [-0.25, -0.2) is 4.98 Å². The van der Waals surface area contributed by atoms with E-state index in [1.807, 2.05) is 13.8 Å². The molecule has 0 aliphatic rings. The standard InChI is InChI=1S/C12H12N2O2/c1-7-5-9(12(13)14-6-7)10(15)11-8(2)3-4-16-11/h3-6H,1-2H3,(H2,13,14). The fourth-order valence-corrected chi connectivity index (χ4v) is 1.49. The first-order valence-corrected chi connectivity index (χ1v) is 4.90. The maximum Gasteiger partial charge on any atom is 0.232 e. The van der Waals surface area contributed by atoms with Gasteiger partial charge < -0.3 is 10.2 Å². The number of carbonyl (C=O) groups excluding carboxylic acids is 1. The number of nitrogens with two attached hydrogens (primary N) is 1. The van der Waals surface area contributed by atoms with E-state index in [4.69, 9.17) is 10.2 Å². The van der Waals surface area contributed by atoms with Gasteiger partial charge in [-0.15, -0.1) is 0 Å². The highest BCUT2D eigenvalue weighted by molar-refractivity contribution is 6.10. The van der Waals surface area contributed by atoms with Crippen molar-refractivity contribution in [2.24, 2.45) is 0 Å². The van der Waals surface area contributed by atoms with Crippen molar-refractivity contribution in [1.82, 2.24) is 4.98 Å². The van der Waals surface area contributed by atoms with Crippen LogP contribution in [0.4, 0.5) is 5.82 Å². The van der Waals surface area contributed by atoms with E-state index in [0.717, 1.165) is 11.1 Å². The normalized spacial score (nSPS) is 10.4. The molecule has 0 spiro atoms. The van der Waals surface area contributed by atoms with Crippen LogP contribution in [0.1, 0.15) is 27.2 Å². The monoisotopic (exact) mass is 216 g/mol. The molecule has 16 heavy (non-hydrogen) atoms. The fraction of sp³-hybridized carbons (Fsp3) is 0.167. The van der Waals surface area contributed by atoms with Crippen LogP contribution in [0.3, 0.4) is 0 Å². The second-order valence-corrected chi connectivity index (χ2v) is 3.71. The molecule has 2 aromatic heterocycles. The molecule has 0 unspecified atom stereocenters. The highest BCUT2D eigenvalue weighted by Crippen LogP contribution is 2.18. The summed E-state index contributed by atoms with van der Waals surface area (Å²) in [5.74, 6) is 0.321. The lowest BCUT2D eigenvalue weighted by Gasteiger charge is -2.03. The first kappa shape index (κ1) is 10.4. The molecule has 82 valence electrons. The van der Waals surface area contributed by atoms with E-state index in [9.17, 15) is 4.79 Å². The average Bonchev–Trinajstić information content (AvgIpc) is 2.67. The van der Waals surface area contributed by atoms with Crippen LogP contribution in [0.25, 0.3) is 0 Å². The summed E-state index contributed by atoms with van der Waals surface area (Å²) in [6, 6.07) is 3.46. The van der Waals surface area contributed by atoms with E-state index in [0.29, 0.717) is 11.3 Å². The summed E-state index contributed by atoms with van der Waals surface area (Å²) >= 11 is 0. The number of furan rings is 1. The fourth-order valence-electron chi connectivity index (χ4n) is 1.49. The largest absolute Gasteiger partial charge is 0.461 e. The van der Waals surface area contributed by atoms with Gasteiger partial charge in [0.25, 0.3) is 0 Å². The Hall–Kier alpha value is -2.10. The zero-order valence-electron chi connectivity index (χ0n) is 9.15. The molecule has 0 aliphatic heterocycles. The van der Waals surface area contributed by atoms with Gasteiger partial charge in [-0.05, 0) is 37.1 Å². The van der Waals surface area contributed by atoms with E-state index in [1.54, 1.807) is 18.3 Å². The quantitative estimate of drug-likeness (QED) is 0.780. The van der Waals surface area contributed by atoms with Gasteiger partial charge in [0.05, 0.1) is 11.8 Å². The maximum absolute atomic E-state index is 12.1. The molecular formula is C12H12N2O2. The van der Waals surface area contributed by atoms with Gasteiger partial charge in [-0.2, -0.15) is 0 Å². The number of rotatable bonds is 2. The molecule has 0 aromatic carbocycles. The number of nitrogen functional groups attached to an aromatic ring is 1. The van der Waals surface area contributed by atoms with Crippen LogP contribution in [0.5, 0.6) is 0 Å². The van der Waals surface area contributed by atoms with Crippen LogP contribution in [-0.4, -0.2) is 10.8 Å². The third kappa shape index (κ3) is 1.69. The molecule has 0 radical (unpaired) electrons. The summed E-state index contributed by atoms with van der Waals surface area (Å²) in [6.45, 7) is 3.67. The molecule has 0 aliphatic carbocycles. The van der Waals surface area contributed by atoms with E-state index in [-0.39, 0.29) is 11.6 Å². The second-order valence-electron chi connectivity index (χ2n) is 3.71. The lowest BCUT2D eigenvalue weighted by Crippen LogP contribution is -2.07. The van der Waals surface area contributed by atoms with Gasteiger partial charge in [-0.3, -0.25) is 4.79 Å². The van der Waals surface area contributed by atoms with Crippen molar-refractivity contribution in [1.29, 1.82) is 0 Å². The highest BCUT2D eigenvalue weighted by Gasteiger charge is 2.18. The molecule has 2 aromatic rings. The first-order chi connectivity index (χ1) is 7.59. The van der Waals surface area contributed by atoms with Crippen molar-refractivity contribution in [3.05, 3.63) is 47.0 Å². The number of pyridine rings is 1. The van der Waals surface area contributed by atoms with Crippen LogP contribution in [0.2, 0.25) is 0 Å². The Labute approximate surface area is 93.1 Å². The number of hydrogen-bond acceptors (Lipinski definition) is 4. The van der Waals surface area contributed by atoms with Gasteiger partial charge in [0.2, 0.25) is 5.78 Å². The summed E-state index contributed by atoms with van der Waals surface area (Å²) in [4.78, 5) is 16.0. The van der Waals surface area contributed by atoms with Crippen LogP contribution in [0.15, 0.2) is 29.0 Å². The third-order valence-corrected chi connectivity index (χ3v) is 2.37. The molecule has 4 nitrogen and oxygen atoms in total. The zero-order valence-corrected chi connectivity index (χ0v) is 9.15. The minimum absolute atomic E-state index is 0.226. The van der Waals surface area contributed by atoms with Crippen molar-refractivity contribution in [3.8, 4) is 0 Å². The molecule has 0 bridgehead atoms. The summed E-state index contributed by atoms with van der Waals surface area (Å²) in [5.41, 5.74) is 7.75. The Morgan fingerprint density at radius 2 is 2.19 bits per heavy atom. The van der Waals surface area contributed by atoms with Gasteiger partial charge in [-0.1, -0.05) is 0 Å². The Morgan fingerprint density at radius 1 is 1.44 bits per heavy atom. The Balaban J connectivity index is 2.49. The van der Waals surface area contributed by atoms with Crippen LogP contribution < -0.4 is 5.73 Å². The second kappa shape index (κ2) is 3.81. The number of carbonyl (C=O) groups is 1. The smallest absolute Gasteiger partial charge is 0.232 e. The molecule has 0 atom stereocenters. The Morgan fingerprint density at radius 3 is 2.81 bits per heavy atom. The summed E-state index contributed by atoms with van der Waals surface area (Å²) in [7, 11) is 0. The molecule has 0 saturated carbocycles. The molecule has 0 fully saturated rings. The number of aryl methyl sites for hydroxylation is 2. The maximum atomic E-state index is 12.1. The number of anilines is 1. The van der Waals surface area contributed by atoms with Crippen molar-refractivity contribution < 1.29 is 9.21 Å². The number of nitrogens with zero attached hydrogens (tertiary/aromatic N) is 1. The molecule has 2 rings (SSSR count). The van der Waals surface area contributed by atoms with Crippen molar-refractivity contribution in [3.63, 3.8) is 0 Å².